The number of hydrogen-bond acceptors (Lipinski definition) is 3. The molecule has 0 amide bonds. The van der Waals surface area contributed by atoms with Gasteiger partial charge in [-0.05, 0) is 23.8 Å². The van der Waals surface area contributed by atoms with Crippen molar-refractivity contribution in [1.82, 2.24) is 4.98 Å². The fraction of sp³-hybridized carbons (Fsp3) is 0.0769. The molecule has 0 saturated carbocycles. The molecule has 5 heteroatoms. The summed E-state index contributed by atoms with van der Waals surface area (Å²) in [5.41, 5.74) is 2.12. The van der Waals surface area contributed by atoms with Gasteiger partial charge in [0.25, 0.3) is 0 Å². The second kappa shape index (κ2) is 5.36. The Morgan fingerprint density at radius 2 is 2.06 bits per heavy atom. The van der Waals surface area contributed by atoms with Crippen molar-refractivity contribution in [1.29, 1.82) is 5.26 Å². The van der Waals surface area contributed by atoms with Gasteiger partial charge in [0.1, 0.15) is 11.2 Å². The van der Waals surface area contributed by atoms with E-state index in [2.05, 4.69) is 4.98 Å². The average Bonchev–Trinajstić information content (AvgIpc) is 2.38. The fourth-order valence-corrected chi connectivity index (χ4v) is 2.02. The van der Waals surface area contributed by atoms with Gasteiger partial charge in [-0.2, -0.15) is 5.26 Å². The van der Waals surface area contributed by atoms with Crippen molar-refractivity contribution in [2.45, 2.75) is 6.61 Å². The Kier molecular flexibility index (Phi) is 3.83. The molecule has 0 fully saturated rings. The van der Waals surface area contributed by atoms with Crippen LogP contribution < -0.4 is 0 Å². The summed E-state index contributed by atoms with van der Waals surface area (Å²) in [7, 11) is 0. The van der Waals surface area contributed by atoms with Gasteiger partial charge in [-0.15, -0.1) is 0 Å². The van der Waals surface area contributed by atoms with E-state index in [9.17, 15) is 5.11 Å². The molecule has 2 rings (SSSR count). The van der Waals surface area contributed by atoms with Crippen molar-refractivity contribution >= 4 is 23.2 Å². The number of aliphatic hydroxyl groups is 1. The Morgan fingerprint density at radius 3 is 2.67 bits per heavy atom. The third-order valence-corrected chi connectivity index (χ3v) is 2.98. The molecule has 0 unspecified atom stereocenters. The normalized spacial score (nSPS) is 10.1. The van der Waals surface area contributed by atoms with Crippen LogP contribution in [-0.4, -0.2) is 10.1 Å². The monoisotopic (exact) mass is 278 g/mol. The molecule has 0 aliphatic rings. The molecule has 1 aromatic heterocycles. The molecule has 0 aliphatic carbocycles. The van der Waals surface area contributed by atoms with Gasteiger partial charge in [0.05, 0.1) is 17.9 Å². The Hall–Kier alpha value is -1.60. The zero-order valence-electron chi connectivity index (χ0n) is 9.19. The van der Waals surface area contributed by atoms with E-state index in [1.165, 1.54) is 0 Å². The molecule has 3 nitrogen and oxygen atoms in total. The summed E-state index contributed by atoms with van der Waals surface area (Å²) in [5, 5.41) is 18.9. The summed E-state index contributed by atoms with van der Waals surface area (Å²) in [6.07, 6.45) is 0. The zero-order valence-corrected chi connectivity index (χ0v) is 10.7. The highest BCUT2D eigenvalue weighted by molar-refractivity contribution is 6.31. The minimum absolute atomic E-state index is 0.0901. The van der Waals surface area contributed by atoms with Crippen molar-refractivity contribution in [2.75, 3.05) is 0 Å². The van der Waals surface area contributed by atoms with Crippen molar-refractivity contribution in [3.8, 4) is 17.2 Å². The van der Waals surface area contributed by atoms with E-state index >= 15 is 0 Å². The van der Waals surface area contributed by atoms with Crippen LogP contribution in [0.25, 0.3) is 11.1 Å². The highest BCUT2D eigenvalue weighted by Crippen LogP contribution is 2.28. The number of nitrogens with zero attached hydrogens (tertiary/aromatic N) is 2. The fourth-order valence-electron chi connectivity index (χ4n) is 1.63. The van der Waals surface area contributed by atoms with Gasteiger partial charge in [-0.3, -0.25) is 0 Å². The largest absolute Gasteiger partial charge is 0.390 e. The number of benzene rings is 1. The van der Waals surface area contributed by atoms with Crippen LogP contribution in [0.5, 0.6) is 0 Å². The molecule has 0 saturated heterocycles. The Bertz CT molecular complexity index is 635. The number of aliphatic hydroxyl groups excluding tert-OH is 1. The first-order valence-electron chi connectivity index (χ1n) is 5.12. The Balaban J connectivity index is 2.66. The van der Waals surface area contributed by atoms with E-state index in [1.54, 1.807) is 24.3 Å². The highest BCUT2D eigenvalue weighted by atomic mass is 35.5. The maximum atomic E-state index is 9.30. The molecule has 1 heterocycles. The summed E-state index contributed by atoms with van der Waals surface area (Å²) in [4.78, 5) is 4.02. The van der Waals surface area contributed by atoms with E-state index in [4.69, 9.17) is 28.5 Å². The molecule has 0 atom stereocenters. The summed E-state index contributed by atoms with van der Waals surface area (Å²) in [5.74, 6) is 0. The lowest BCUT2D eigenvalue weighted by Gasteiger charge is -2.08. The molecular weight excluding hydrogens is 271 g/mol. The topological polar surface area (TPSA) is 56.9 Å². The van der Waals surface area contributed by atoms with Gasteiger partial charge in [-0.25, -0.2) is 4.98 Å². The maximum absolute atomic E-state index is 9.30. The number of hydrogen-bond donors (Lipinski definition) is 1. The number of halogens is 2. The molecule has 1 N–H and O–H groups in total. The zero-order chi connectivity index (χ0) is 13.1. The standard InChI is InChI=1S/C13H8Cl2N2O/c14-10-3-1-2-8(4-10)11-5-9(6-16)13(15)17-12(11)7-18/h1-5,18H,7H2. The number of pyridine rings is 1. The predicted octanol–water partition coefficient (Wildman–Crippen LogP) is 3.42. The molecule has 18 heavy (non-hydrogen) atoms. The van der Waals surface area contributed by atoms with Gasteiger partial charge in [0.15, 0.2) is 0 Å². The lowest BCUT2D eigenvalue weighted by molar-refractivity contribution is 0.277. The second-order valence-electron chi connectivity index (χ2n) is 3.60. The van der Waals surface area contributed by atoms with Crippen molar-refractivity contribution in [2.24, 2.45) is 0 Å². The van der Waals surface area contributed by atoms with E-state index in [1.807, 2.05) is 12.1 Å². The van der Waals surface area contributed by atoms with E-state index in [-0.39, 0.29) is 17.3 Å². The van der Waals surface area contributed by atoms with Crippen LogP contribution >= 0.6 is 23.2 Å². The lowest BCUT2D eigenvalue weighted by atomic mass is 10.0. The van der Waals surface area contributed by atoms with Gasteiger partial charge in [0, 0.05) is 10.6 Å². The number of rotatable bonds is 2. The molecular formula is C13H8Cl2N2O. The molecule has 0 radical (unpaired) electrons. The summed E-state index contributed by atoms with van der Waals surface area (Å²) in [6.45, 7) is -0.257. The van der Waals surface area contributed by atoms with Crippen molar-refractivity contribution < 1.29 is 5.11 Å². The lowest BCUT2D eigenvalue weighted by Crippen LogP contribution is -1.97. The van der Waals surface area contributed by atoms with Crippen LogP contribution in [0.4, 0.5) is 0 Å². The molecule has 0 aliphatic heterocycles. The van der Waals surface area contributed by atoms with Crippen molar-refractivity contribution in [3.05, 3.63) is 51.8 Å². The third-order valence-electron chi connectivity index (χ3n) is 2.46. The highest BCUT2D eigenvalue weighted by Gasteiger charge is 2.11. The Morgan fingerprint density at radius 1 is 1.28 bits per heavy atom. The van der Waals surface area contributed by atoms with Crippen LogP contribution in [0.1, 0.15) is 11.3 Å². The second-order valence-corrected chi connectivity index (χ2v) is 4.40. The van der Waals surface area contributed by atoms with Gasteiger partial charge in [-0.1, -0.05) is 35.3 Å². The summed E-state index contributed by atoms with van der Waals surface area (Å²) in [6, 6.07) is 10.7. The quantitative estimate of drug-likeness (QED) is 0.857. The van der Waals surface area contributed by atoms with Crippen LogP contribution in [0.2, 0.25) is 10.2 Å². The van der Waals surface area contributed by atoms with E-state index < -0.39 is 0 Å². The van der Waals surface area contributed by atoms with Crippen LogP contribution in [0, 0.1) is 11.3 Å². The number of nitriles is 1. The first kappa shape index (κ1) is 12.8. The Labute approximate surface area is 114 Å². The first-order valence-corrected chi connectivity index (χ1v) is 5.87. The smallest absolute Gasteiger partial charge is 0.147 e. The van der Waals surface area contributed by atoms with Crippen molar-refractivity contribution in [3.63, 3.8) is 0 Å². The predicted molar refractivity (Wildman–Crippen MR) is 70.3 cm³/mol. The van der Waals surface area contributed by atoms with Crippen LogP contribution in [0.15, 0.2) is 30.3 Å². The minimum Gasteiger partial charge on any atom is -0.390 e. The maximum Gasteiger partial charge on any atom is 0.147 e. The van der Waals surface area contributed by atoms with E-state index in [0.29, 0.717) is 16.3 Å². The van der Waals surface area contributed by atoms with Crippen LogP contribution in [0.3, 0.4) is 0 Å². The SMILES string of the molecule is N#Cc1cc(-c2cccc(Cl)c2)c(CO)nc1Cl. The molecule has 2 aromatic rings. The third kappa shape index (κ3) is 2.46. The van der Waals surface area contributed by atoms with E-state index in [0.717, 1.165) is 5.56 Å². The van der Waals surface area contributed by atoms with Gasteiger partial charge >= 0.3 is 0 Å². The average molecular weight is 279 g/mol. The molecule has 0 bridgehead atoms. The minimum atomic E-state index is -0.257. The summed E-state index contributed by atoms with van der Waals surface area (Å²) >= 11 is 11.7. The summed E-state index contributed by atoms with van der Waals surface area (Å²) < 4.78 is 0. The van der Waals surface area contributed by atoms with Crippen LogP contribution in [-0.2, 0) is 6.61 Å². The first-order chi connectivity index (χ1) is 8.65. The molecule has 90 valence electrons. The number of aromatic nitrogens is 1. The molecule has 1 aromatic carbocycles. The molecule has 0 spiro atoms. The van der Waals surface area contributed by atoms with Gasteiger partial charge in [0.2, 0.25) is 0 Å². The van der Waals surface area contributed by atoms with Gasteiger partial charge < -0.3 is 5.11 Å².